The summed E-state index contributed by atoms with van der Waals surface area (Å²) in [4.78, 5) is 32.8. The van der Waals surface area contributed by atoms with Gasteiger partial charge in [-0.2, -0.15) is 0 Å². The first-order chi connectivity index (χ1) is 9.40. The maximum absolute atomic E-state index is 11.9. The largest absolute Gasteiger partial charge is 0.490 e. The van der Waals surface area contributed by atoms with Crippen LogP contribution in [-0.2, 0) is 4.79 Å². The Labute approximate surface area is 114 Å². The molecule has 0 heterocycles. The molecule has 0 aliphatic rings. The molecule has 0 saturated heterocycles. The number of aliphatic carboxylic acids is 1. The number of nitrogens with zero attached hydrogens (tertiary/aromatic N) is 1. The number of benzene rings is 1. The zero-order valence-electron chi connectivity index (χ0n) is 11.0. The zero-order chi connectivity index (χ0) is 15.3. The molecule has 0 saturated carbocycles. The van der Waals surface area contributed by atoms with Crippen LogP contribution in [0.1, 0.15) is 23.7 Å². The lowest BCUT2D eigenvalue weighted by atomic mass is 10.1. The number of nitro groups is 1. The number of nitrogens with one attached hydrogen (secondary N) is 1. The molecule has 0 radical (unpaired) electrons. The minimum absolute atomic E-state index is 0.0639. The molecule has 20 heavy (non-hydrogen) atoms. The second-order valence-corrected chi connectivity index (χ2v) is 3.92. The number of methoxy groups -OCH3 is 1. The van der Waals surface area contributed by atoms with Crippen LogP contribution in [0.25, 0.3) is 0 Å². The number of ether oxygens (including phenoxy) is 1. The van der Waals surface area contributed by atoms with Gasteiger partial charge in [0.25, 0.3) is 5.91 Å². The number of carbonyl (C=O) groups is 2. The van der Waals surface area contributed by atoms with Crippen LogP contribution in [0.3, 0.4) is 0 Å². The van der Waals surface area contributed by atoms with E-state index in [1.807, 2.05) is 0 Å². The van der Waals surface area contributed by atoms with Crippen LogP contribution in [0.5, 0.6) is 5.75 Å². The van der Waals surface area contributed by atoms with Crippen LogP contribution in [0.2, 0.25) is 0 Å². The van der Waals surface area contributed by atoms with Gasteiger partial charge in [0.05, 0.1) is 12.0 Å². The van der Waals surface area contributed by atoms with E-state index in [4.69, 9.17) is 9.84 Å². The third-order valence-corrected chi connectivity index (χ3v) is 2.65. The molecule has 1 aromatic rings. The normalized spacial score (nSPS) is 11.5. The summed E-state index contributed by atoms with van der Waals surface area (Å²) in [5.41, 5.74) is -0.179. The first-order valence-electron chi connectivity index (χ1n) is 5.76. The van der Waals surface area contributed by atoms with Gasteiger partial charge in [0.15, 0.2) is 5.75 Å². The van der Waals surface area contributed by atoms with E-state index in [-0.39, 0.29) is 23.4 Å². The third kappa shape index (κ3) is 3.44. The average molecular weight is 282 g/mol. The van der Waals surface area contributed by atoms with E-state index in [1.165, 1.54) is 19.2 Å². The number of carbonyl (C=O) groups excluding carboxylic acids is 1. The van der Waals surface area contributed by atoms with Crippen molar-refractivity contribution < 1.29 is 24.4 Å². The number of hydrogen-bond acceptors (Lipinski definition) is 5. The number of nitro benzene ring substituents is 1. The highest BCUT2D eigenvalue weighted by atomic mass is 16.6. The van der Waals surface area contributed by atoms with Gasteiger partial charge in [0.1, 0.15) is 6.04 Å². The Balaban J connectivity index is 3.00. The van der Waals surface area contributed by atoms with Gasteiger partial charge in [-0.15, -0.1) is 0 Å². The predicted octanol–water partition coefficient (Wildman–Crippen LogP) is 1.20. The molecule has 0 aliphatic heterocycles. The molecule has 1 aromatic carbocycles. The fourth-order valence-corrected chi connectivity index (χ4v) is 1.55. The van der Waals surface area contributed by atoms with E-state index < -0.39 is 22.8 Å². The van der Waals surface area contributed by atoms with Gasteiger partial charge in [-0.3, -0.25) is 14.9 Å². The predicted molar refractivity (Wildman–Crippen MR) is 68.8 cm³/mol. The molecule has 2 N–H and O–H groups in total. The fourth-order valence-electron chi connectivity index (χ4n) is 1.55. The van der Waals surface area contributed by atoms with Crippen molar-refractivity contribution in [3.63, 3.8) is 0 Å². The van der Waals surface area contributed by atoms with Gasteiger partial charge < -0.3 is 15.2 Å². The van der Waals surface area contributed by atoms with Crippen molar-refractivity contribution in [2.24, 2.45) is 0 Å². The highest BCUT2D eigenvalue weighted by Crippen LogP contribution is 2.27. The van der Waals surface area contributed by atoms with Gasteiger partial charge in [0, 0.05) is 17.7 Å². The Hall–Kier alpha value is -2.64. The molecule has 0 aromatic heterocycles. The average Bonchev–Trinajstić information content (AvgIpc) is 2.43. The van der Waals surface area contributed by atoms with Crippen LogP contribution in [-0.4, -0.2) is 35.1 Å². The molecule has 1 unspecified atom stereocenters. The Morgan fingerprint density at radius 3 is 2.60 bits per heavy atom. The second kappa shape index (κ2) is 6.50. The van der Waals surface area contributed by atoms with E-state index in [9.17, 15) is 19.7 Å². The topological polar surface area (TPSA) is 119 Å². The van der Waals surface area contributed by atoms with Gasteiger partial charge in [0.2, 0.25) is 0 Å². The quantitative estimate of drug-likeness (QED) is 0.597. The maximum atomic E-state index is 11.9. The summed E-state index contributed by atoms with van der Waals surface area (Å²) >= 11 is 0. The third-order valence-electron chi connectivity index (χ3n) is 2.65. The minimum Gasteiger partial charge on any atom is -0.490 e. The van der Waals surface area contributed by atoms with E-state index in [0.29, 0.717) is 0 Å². The summed E-state index contributed by atoms with van der Waals surface area (Å²) in [6, 6.07) is 2.56. The molecule has 0 aliphatic carbocycles. The molecular formula is C12H14N2O6. The van der Waals surface area contributed by atoms with Crippen LogP contribution >= 0.6 is 0 Å². The van der Waals surface area contributed by atoms with E-state index >= 15 is 0 Å². The number of amides is 1. The summed E-state index contributed by atoms with van der Waals surface area (Å²) in [5.74, 6) is -1.84. The van der Waals surface area contributed by atoms with Crippen molar-refractivity contribution in [2.45, 2.75) is 19.4 Å². The van der Waals surface area contributed by atoms with E-state index in [1.54, 1.807) is 6.92 Å². The Kier molecular flexibility index (Phi) is 5.01. The molecule has 8 heteroatoms. The van der Waals surface area contributed by atoms with Crippen molar-refractivity contribution in [3.8, 4) is 5.75 Å². The first-order valence-corrected chi connectivity index (χ1v) is 5.76. The molecule has 0 fully saturated rings. The standard InChI is InChI=1S/C12H14N2O6/c1-3-8(12(16)17)13-11(15)7-4-5-9(14(18)19)10(6-7)20-2/h4-6,8H,3H2,1-2H3,(H,13,15)(H,16,17). The molecule has 8 nitrogen and oxygen atoms in total. The van der Waals surface area contributed by atoms with Crippen LogP contribution in [0.15, 0.2) is 18.2 Å². The molecule has 108 valence electrons. The lowest BCUT2D eigenvalue weighted by molar-refractivity contribution is -0.385. The fraction of sp³-hybridized carbons (Fsp3) is 0.333. The van der Waals surface area contributed by atoms with Gasteiger partial charge in [-0.25, -0.2) is 4.79 Å². The van der Waals surface area contributed by atoms with Crippen LogP contribution < -0.4 is 10.1 Å². The van der Waals surface area contributed by atoms with Crippen molar-refractivity contribution in [3.05, 3.63) is 33.9 Å². The van der Waals surface area contributed by atoms with Crippen molar-refractivity contribution in [1.82, 2.24) is 5.32 Å². The number of carboxylic acids is 1. The van der Waals surface area contributed by atoms with Crippen LogP contribution in [0.4, 0.5) is 5.69 Å². The number of carboxylic acid groups (broad SMARTS) is 1. The molecule has 1 atom stereocenters. The smallest absolute Gasteiger partial charge is 0.326 e. The summed E-state index contributed by atoms with van der Waals surface area (Å²) in [6.45, 7) is 1.62. The number of hydrogen-bond donors (Lipinski definition) is 2. The monoisotopic (exact) mass is 282 g/mol. The van der Waals surface area contributed by atoms with Crippen molar-refractivity contribution in [1.29, 1.82) is 0 Å². The van der Waals surface area contributed by atoms with Crippen LogP contribution in [0, 0.1) is 10.1 Å². The molecular weight excluding hydrogens is 268 g/mol. The van der Waals surface area contributed by atoms with E-state index in [0.717, 1.165) is 6.07 Å². The lowest BCUT2D eigenvalue weighted by Gasteiger charge is -2.12. The second-order valence-electron chi connectivity index (χ2n) is 3.92. The highest BCUT2D eigenvalue weighted by molar-refractivity contribution is 5.97. The summed E-state index contributed by atoms with van der Waals surface area (Å²) in [7, 11) is 1.25. The summed E-state index contributed by atoms with van der Waals surface area (Å²) in [5, 5.41) is 21.9. The molecule has 0 spiro atoms. The van der Waals surface area contributed by atoms with Gasteiger partial charge in [-0.1, -0.05) is 6.92 Å². The zero-order valence-corrected chi connectivity index (χ0v) is 11.0. The number of rotatable bonds is 6. The molecule has 0 bridgehead atoms. The minimum atomic E-state index is -1.14. The van der Waals surface area contributed by atoms with E-state index in [2.05, 4.69) is 5.32 Å². The highest BCUT2D eigenvalue weighted by Gasteiger charge is 2.21. The Morgan fingerprint density at radius 2 is 2.15 bits per heavy atom. The van der Waals surface area contributed by atoms with Gasteiger partial charge >= 0.3 is 11.7 Å². The van der Waals surface area contributed by atoms with Crippen molar-refractivity contribution in [2.75, 3.05) is 7.11 Å². The Morgan fingerprint density at radius 1 is 1.50 bits per heavy atom. The summed E-state index contributed by atoms with van der Waals surface area (Å²) in [6.07, 6.45) is 0.227. The summed E-state index contributed by atoms with van der Waals surface area (Å²) < 4.78 is 4.84. The van der Waals surface area contributed by atoms with Crippen molar-refractivity contribution >= 4 is 17.6 Å². The first kappa shape index (κ1) is 15.4. The SMILES string of the molecule is CCC(NC(=O)c1ccc([N+](=O)[O-])c(OC)c1)C(=O)O. The van der Waals surface area contributed by atoms with Gasteiger partial charge in [-0.05, 0) is 12.5 Å². The molecule has 1 amide bonds. The molecule has 1 rings (SSSR count). The Bertz CT molecular complexity index is 543. The maximum Gasteiger partial charge on any atom is 0.326 e. The lowest BCUT2D eigenvalue weighted by Crippen LogP contribution is -2.40.